The minimum atomic E-state index is -1.19. The summed E-state index contributed by atoms with van der Waals surface area (Å²) in [6.07, 6.45) is 3.57. The van der Waals surface area contributed by atoms with Gasteiger partial charge in [-0.25, -0.2) is 4.79 Å². The summed E-state index contributed by atoms with van der Waals surface area (Å²) >= 11 is 0. The van der Waals surface area contributed by atoms with Gasteiger partial charge >= 0.3 is 11.7 Å². The normalized spacial score (nSPS) is 10.4. The molecule has 0 bridgehead atoms. The van der Waals surface area contributed by atoms with E-state index in [-0.39, 0.29) is 18.0 Å². The summed E-state index contributed by atoms with van der Waals surface area (Å²) in [6, 6.07) is 1.48. The van der Waals surface area contributed by atoms with E-state index in [1.165, 1.54) is 23.2 Å². The van der Waals surface area contributed by atoms with Gasteiger partial charge in [-0.15, -0.1) is 0 Å². The minimum absolute atomic E-state index is 0.103. The predicted molar refractivity (Wildman–Crippen MR) is 53.7 cm³/mol. The predicted octanol–water partition coefficient (Wildman–Crippen LogP) is 1.13. The third kappa shape index (κ3) is 2.14. The number of rotatable bonds is 4. The Balaban J connectivity index is 2.22. The Labute approximate surface area is 94.2 Å². The Hall–Kier alpha value is -2.64. The van der Waals surface area contributed by atoms with Gasteiger partial charge in [0.15, 0.2) is 0 Å². The van der Waals surface area contributed by atoms with Crippen LogP contribution in [0.1, 0.15) is 16.1 Å². The maximum atomic E-state index is 10.8. The summed E-state index contributed by atoms with van der Waals surface area (Å²) in [7, 11) is 0. The van der Waals surface area contributed by atoms with Gasteiger partial charge in [0.1, 0.15) is 12.4 Å². The van der Waals surface area contributed by atoms with Crippen molar-refractivity contribution in [2.45, 2.75) is 6.54 Å². The zero-order valence-electron chi connectivity index (χ0n) is 8.44. The Morgan fingerprint density at radius 1 is 1.65 bits per heavy atom. The van der Waals surface area contributed by atoms with E-state index in [9.17, 15) is 14.9 Å². The second-order valence-electron chi connectivity index (χ2n) is 3.23. The van der Waals surface area contributed by atoms with E-state index in [4.69, 9.17) is 9.52 Å². The largest absolute Gasteiger partial charge is 0.475 e. The number of hydrogen-bond donors (Lipinski definition) is 1. The fourth-order valence-corrected chi connectivity index (χ4v) is 1.36. The number of nitrogens with zero attached hydrogens (tertiary/aromatic N) is 3. The van der Waals surface area contributed by atoms with Crippen molar-refractivity contribution in [3.05, 3.63) is 46.2 Å². The molecule has 0 aliphatic rings. The van der Waals surface area contributed by atoms with Crippen LogP contribution in [0.4, 0.5) is 5.69 Å². The molecule has 17 heavy (non-hydrogen) atoms. The first-order valence-electron chi connectivity index (χ1n) is 4.54. The first kappa shape index (κ1) is 10.9. The molecule has 2 aromatic rings. The molecule has 0 unspecified atom stereocenters. The molecule has 8 nitrogen and oxygen atoms in total. The Morgan fingerprint density at radius 3 is 3.00 bits per heavy atom. The maximum Gasteiger partial charge on any atom is 0.372 e. The van der Waals surface area contributed by atoms with Crippen LogP contribution in [0.3, 0.4) is 0 Å². The van der Waals surface area contributed by atoms with Gasteiger partial charge in [-0.1, -0.05) is 0 Å². The lowest BCUT2D eigenvalue weighted by molar-refractivity contribution is -0.385. The van der Waals surface area contributed by atoms with Crippen LogP contribution in [0, 0.1) is 10.1 Å². The number of aromatic nitrogens is 2. The third-order valence-electron chi connectivity index (χ3n) is 2.10. The van der Waals surface area contributed by atoms with Gasteiger partial charge in [0, 0.05) is 5.56 Å². The first-order chi connectivity index (χ1) is 8.08. The maximum absolute atomic E-state index is 10.8. The average molecular weight is 237 g/mol. The minimum Gasteiger partial charge on any atom is -0.475 e. The lowest BCUT2D eigenvalue weighted by atomic mass is 10.2. The Kier molecular flexibility index (Phi) is 2.61. The molecular weight excluding hydrogens is 230 g/mol. The molecule has 0 spiro atoms. The standard InChI is InChI=1S/C9H7N3O5/c13-9(14)8-6(1-2-17-8)4-11-5-7(3-10-11)12(15)16/h1-3,5H,4H2,(H,13,14). The zero-order chi connectivity index (χ0) is 12.4. The highest BCUT2D eigenvalue weighted by atomic mass is 16.6. The second kappa shape index (κ2) is 4.08. The van der Waals surface area contributed by atoms with E-state index in [0.717, 1.165) is 6.20 Å². The van der Waals surface area contributed by atoms with E-state index in [0.29, 0.717) is 5.56 Å². The van der Waals surface area contributed by atoms with Crippen molar-refractivity contribution in [2.24, 2.45) is 0 Å². The lowest BCUT2D eigenvalue weighted by Crippen LogP contribution is -2.04. The molecule has 8 heteroatoms. The van der Waals surface area contributed by atoms with Crippen LogP contribution in [0.25, 0.3) is 0 Å². The van der Waals surface area contributed by atoms with Crippen LogP contribution < -0.4 is 0 Å². The van der Waals surface area contributed by atoms with Crippen molar-refractivity contribution in [3.63, 3.8) is 0 Å². The molecule has 0 radical (unpaired) electrons. The quantitative estimate of drug-likeness (QED) is 0.630. The van der Waals surface area contributed by atoms with Crippen molar-refractivity contribution in [1.82, 2.24) is 9.78 Å². The molecule has 1 N–H and O–H groups in total. The molecule has 0 aliphatic heterocycles. The summed E-state index contributed by atoms with van der Waals surface area (Å²) in [5.41, 5.74) is 0.251. The van der Waals surface area contributed by atoms with E-state index < -0.39 is 10.9 Å². The molecule has 0 atom stereocenters. The van der Waals surface area contributed by atoms with Crippen molar-refractivity contribution >= 4 is 11.7 Å². The van der Waals surface area contributed by atoms with Gasteiger partial charge in [0.2, 0.25) is 5.76 Å². The summed E-state index contributed by atoms with van der Waals surface area (Å²) in [6.45, 7) is 0.103. The van der Waals surface area contributed by atoms with Gasteiger partial charge in [-0.2, -0.15) is 5.10 Å². The molecule has 0 saturated heterocycles. The molecule has 0 aromatic carbocycles. The summed E-state index contributed by atoms with van der Waals surface area (Å²) < 4.78 is 6.05. The summed E-state index contributed by atoms with van der Waals surface area (Å²) in [5.74, 6) is -1.38. The molecule has 0 aliphatic carbocycles. The number of hydrogen-bond acceptors (Lipinski definition) is 5. The average Bonchev–Trinajstić information content (AvgIpc) is 2.86. The molecule has 2 heterocycles. The van der Waals surface area contributed by atoms with Gasteiger partial charge < -0.3 is 9.52 Å². The lowest BCUT2D eigenvalue weighted by Gasteiger charge is -1.98. The monoisotopic (exact) mass is 237 g/mol. The third-order valence-corrected chi connectivity index (χ3v) is 2.10. The molecule has 0 amide bonds. The summed E-state index contributed by atoms with van der Waals surface area (Å²) in [4.78, 5) is 20.6. The van der Waals surface area contributed by atoms with Crippen LogP contribution in [0.15, 0.2) is 29.1 Å². The van der Waals surface area contributed by atoms with Crippen LogP contribution in [0.5, 0.6) is 0 Å². The SMILES string of the molecule is O=C(O)c1occc1Cn1cc([N+](=O)[O-])cn1. The number of nitro groups is 1. The number of aromatic carboxylic acids is 1. The number of carbonyl (C=O) groups is 1. The summed E-state index contributed by atoms with van der Waals surface area (Å²) in [5, 5.41) is 23.0. The van der Waals surface area contributed by atoms with Gasteiger partial charge in [0.25, 0.3) is 0 Å². The van der Waals surface area contributed by atoms with Gasteiger partial charge in [-0.05, 0) is 6.07 Å². The topological polar surface area (TPSA) is 111 Å². The molecule has 88 valence electrons. The first-order valence-corrected chi connectivity index (χ1v) is 4.54. The molecule has 0 saturated carbocycles. The van der Waals surface area contributed by atoms with E-state index in [2.05, 4.69) is 5.10 Å². The number of carboxylic acids is 1. The fourth-order valence-electron chi connectivity index (χ4n) is 1.36. The van der Waals surface area contributed by atoms with Gasteiger partial charge in [-0.3, -0.25) is 14.8 Å². The number of furan rings is 1. The van der Waals surface area contributed by atoms with E-state index in [1.54, 1.807) is 0 Å². The Bertz CT molecular complexity index is 571. The van der Waals surface area contributed by atoms with Crippen LogP contribution in [0.2, 0.25) is 0 Å². The van der Waals surface area contributed by atoms with Crippen LogP contribution >= 0.6 is 0 Å². The van der Waals surface area contributed by atoms with Crippen molar-refractivity contribution in [1.29, 1.82) is 0 Å². The zero-order valence-corrected chi connectivity index (χ0v) is 8.44. The highest BCUT2D eigenvalue weighted by molar-refractivity contribution is 5.86. The van der Waals surface area contributed by atoms with E-state index in [1.807, 2.05) is 0 Å². The van der Waals surface area contributed by atoms with Crippen molar-refractivity contribution in [2.75, 3.05) is 0 Å². The molecule has 2 rings (SSSR count). The fraction of sp³-hybridized carbons (Fsp3) is 0.111. The smallest absolute Gasteiger partial charge is 0.372 e. The molecule has 2 aromatic heterocycles. The highest BCUT2D eigenvalue weighted by Crippen LogP contribution is 2.14. The number of carboxylic acid groups (broad SMARTS) is 1. The molecular formula is C9H7N3O5. The van der Waals surface area contributed by atoms with Crippen molar-refractivity contribution in [3.8, 4) is 0 Å². The Morgan fingerprint density at radius 2 is 2.41 bits per heavy atom. The second-order valence-corrected chi connectivity index (χ2v) is 3.23. The van der Waals surface area contributed by atoms with Gasteiger partial charge in [0.05, 0.1) is 17.7 Å². The van der Waals surface area contributed by atoms with E-state index >= 15 is 0 Å². The molecule has 0 fully saturated rings. The van der Waals surface area contributed by atoms with Crippen molar-refractivity contribution < 1.29 is 19.2 Å². The van der Waals surface area contributed by atoms with Crippen LogP contribution in [-0.4, -0.2) is 25.8 Å². The highest BCUT2D eigenvalue weighted by Gasteiger charge is 2.16. The van der Waals surface area contributed by atoms with Crippen LogP contribution in [-0.2, 0) is 6.54 Å².